The molecule has 1 aliphatic rings. The van der Waals surface area contributed by atoms with Crippen molar-refractivity contribution in [1.29, 1.82) is 0 Å². The smallest absolute Gasteiger partial charge is 0.241 e. The van der Waals surface area contributed by atoms with Gasteiger partial charge in [0.1, 0.15) is 0 Å². The molecule has 0 bridgehead atoms. The Kier molecular flexibility index (Phi) is 6.86. The van der Waals surface area contributed by atoms with Gasteiger partial charge in [0, 0.05) is 6.54 Å². The van der Waals surface area contributed by atoms with E-state index >= 15 is 0 Å². The summed E-state index contributed by atoms with van der Waals surface area (Å²) >= 11 is 0. The molecule has 0 radical (unpaired) electrons. The maximum Gasteiger partial charge on any atom is 0.241 e. The molecular weight excluding hydrogens is 320 g/mol. The SMILES string of the molecule is Cc1cc(C)c(C)c(S(=O)(=O)NCCC2CCNC2)c1C.Cl. The van der Waals surface area contributed by atoms with Crippen molar-refractivity contribution in [2.75, 3.05) is 19.6 Å². The zero-order chi connectivity index (χ0) is 15.6. The minimum atomic E-state index is -3.43. The molecule has 1 fully saturated rings. The van der Waals surface area contributed by atoms with E-state index in [0.29, 0.717) is 17.4 Å². The molecule has 0 aliphatic carbocycles. The highest BCUT2D eigenvalue weighted by molar-refractivity contribution is 7.89. The third-order valence-corrected chi connectivity index (χ3v) is 6.31. The van der Waals surface area contributed by atoms with Gasteiger partial charge in [0.15, 0.2) is 0 Å². The van der Waals surface area contributed by atoms with E-state index in [1.807, 2.05) is 33.8 Å². The van der Waals surface area contributed by atoms with Crippen LogP contribution >= 0.6 is 12.4 Å². The van der Waals surface area contributed by atoms with E-state index in [-0.39, 0.29) is 12.4 Å². The van der Waals surface area contributed by atoms with Crippen LogP contribution in [0.3, 0.4) is 0 Å². The fraction of sp³-hybridized carbons (Fsp3) is 0.625. The second-order valence-electron chi connectivity index (χ2n) is 6.13. The minimum absolute atomic E-state index is 0. The zero-order valence-corrected chi connectivity index (χ0v) is 15.5. The van der Waals surface area contributed by atoms with Crippen LogP contribution in [-0.2, 0) is 10.0 Å². The molecule has 0 saturated carbocycles. The van der Waals surface area contributed by atoms with Crippen LogP contribution in [0.15, 0.2) is 11.0 Å². The molecule has 6 heteroatoms. The standard InChI is InChI=1S/C16H26N2O2S.ClH/c1-11-9-12(2)14(4)16(13(11)3)21(19,20)18-8-6-15-5-7-17-10-15;/h9,15,17-18H,5-8,10H2,1-4H3;1H. The highest BCUT2D eigenvalue weighted by Crippen LogP contribution is 2.26. The molecule has 1 aromatic rings. The predicted molar refractivity (Wildman–Crippen MR) is 93.4 cm³/mol. The van der Waals surface area contributed by atoms with Crippen LogP contribution in [-0.4, -0.2) is 28.1 Å². The summed E-state index contributed by atoms with van der Waals surface area (Å²) in [6, 6.07) is 2.05. The topological polar surface area (TPSA) is 58.2 Å². The summed E-state index contributed by atoms with van der Waals surface area (Å²) in [7, 11) is -3.43. The van der Waals surface area contributed by atoms with E-state index in [0.717, 1.165) is 48.2 Å². The first-order chi connectivity index (χ1) is 9.83. The van der Waals surface area contributed by atoms with E-state index in [2.05, 4.69) is 10.0 Å². The quantitative estimate of drug-likeness (QED) is 0.861. The summed E-state index contributed by atoms with van der Waals surface area (Å²) in [5, 5.41) is 3.31. The average Bonchev–Trinajstić information content (AvgIpc) is 2.89. The third-order valence-electron chi connectivity index (χ3n) is 4.57. The highest BCUT2D eigenvalue weighted by Gasteiger charge is 2.22. The van der Waals surface area contributed by atoms with Gasteiger partial charge in [0.2, 0.25) is 10.0 Å². The molecule has 4 nitrogen and oxygen atoms in total. The number of benzene rings is 1. The first-order valence-corrected chi connectivity index (χ1v) is 9.09. The number of sulfonamides is 1. The molecule has 1 unspecified atom stereocenters. The van der Waals surface area contributed by atoms with Gasteiger partial charge in [-0.2, -0.15) is 0 Å². The van der Waals surface area contributed by atoms with Crippen LogP contribution in [0.1, 0.15) is 35.1 Å². The van der Waals surface area contributed by atoms with Gasteiger partial charge >= 0.3 is 0 Å². The summed E-state index contributed by atoms with van der Waals surface area (Å²) in [5.41, 5.74) is 3.76. The Morgan fingerprint density at radius 3 is 2.27 bits per heavy atom. The lowest BCUT2D eigenvalue weighted by molar-refractivity contribution is 0.519. The van der Waals surface area contributed by atoms with Gasteiger partial charge in [-0.1, -0.05) is 6.07 Å². The number of hydrogen-bond acceptors (Lipinski definition) is 3. The molecule has 0 amide bonds. The van der Waals surface area contributed by atoms with Gasteiger partial charge in [-0.15, -0.1) is 12.4 Å². The van der Waals surface area contributed by atoms with Crippen LogP contribution in [0.2, 0.25) is 0 Å². The predicted octanol–water partition coefficient (Wildman–Crippen LogP) is 2.62. The number of aryl methyl sites for hydroxylation is 2. The Bertz CT molecular complexity index is 597. The molecule has 1 saturated heterocycles. The lowest BCUT2D eigenvalue weighted by atomic mass is 10.0. The van der Waals surface area contributed by atoms with Crippen molar-refractivity contribution >= 4 is 22.4 Å². The van der Waals surface area contributed by atoms with Gasteiger partial charge in [-0.3, -0.25) is 0 Å². The van der Waals surface area contributed by atoms with Gasteiger partial charge in [0.25, 0.3) is 0 Å². The maximum atomic E-state index is 12.6. The van der Waals surface area contributed by atoms with E-state index in [9.17, 15) is 8.42 Å². The van der Waals surface area contributed by atoms with Crippen molar-refractivity contribution in [3.05, 3.63) is 28.3 Å². The summed E-state index contributed by atoms with van der Waals surface area (Å²) < 4.78 is 28.0. The van der Waals surface area contributed by atoms with Crippen molar-refractivity contribution in [3.63, 3.8) is 0 Å². The molecule has 0 spiro atoms. The first kappa shape index (κ1) is 19.4. The Morgan fingerprint density at radius 1 is 1.18 bits per heavy atom. The van der Waals surface area contributed by atoms with Crippen molar-refractivity contribution < 1.29 is 8.42 Å². The fourth-order valence-corrected chi connectivity index (χ4v) is 4.67. The Morgan fingerprint density at radius 2 is 1.77 bits per heavy atom. The monoisotopic (exact) mass is 346 g/mol. The van der Waals surface area contributed by atoms with Crippen LogP contribution in [0.25, 0.3) is 0 Å². The zero-order valence-electron chi connectivity index (χ0n) is 13.8. The molecule has 1 aromatic carbocycles. The molecule has 1 aliphatic heterocycles. The molecule has 1 atom stereocenters. The summed E-state index contributed by atoms with van der Waals surface area (Å²) in [4.78, 5) is 0.463. The van der Waals surface area contributed by atoms with Crippen molar-refractivity contribution in [1.82, 2.24) is 10.0 Å². The summed E-state index contributed by atoms with van der Waals surface area (Å²) in [6.07, 6.45) is 2.04. The first-order valence-electron chi connectivity index (χ1n) is 7.60. The Hall–Kier alpha value is -0.620. The van der Waals surface area contributed by atoms with Crippen LogP contribution < -0.4 is 10.0 Å². The molecule has 1 heterocycles. The minimum Gasteiger partial charge on any atom is -0.316 e. The molecule has 2 N–H and O–H groups in total. The molecular formula is C16H27ClN2O2S. The lowest BCUT2D eigenvalue weighted by Gasteiger charge is -2.17. The highest BCUT2D eigenvalue weighted by atomic mass is 35.5. The fourth-order valence-electron chi connectivity index (χ4n) is 3.01. The van der Waals surface area contributed by atoms with Crippen molar-refractivity contribution in [2.45, 2.75) is 45.4 Å². The largest absolute Gasteiger partial charge is 0.316 e. The van der Waals surface area contributed by atoms with Crippen molar-refractivity contribution in [2.24, 2.45) is 5.92 Å². The molecule has 22 heavy (non-hydrogen) atoms. The van der Waals surface area contributed by atoms with E-state index in [4.69, 9.17) is 0 Å². The molecule has 2 rings (SSSR count). The number of nitrogens with one attached hydrogen (secondary N) is 2. The second-order valence-corrected chi connectivity index (χ2v) is 7.84. The third kappa shape index (κ3) is 4.22. The Balaban J connectivity index is 0.00000242. The summed E-state index contributed by atoms with van der Waals surface area (Å²) in [5.74, 6) is 0.592. The van der Waals surface area contributed by atoms with E-state index in [1.54, 1.807) is 0 Å². The maximum absolute atomic E-state index is 12.6. The lowest BCUT2D eigenvalue weighted by Crippen LogP contribution is -2.28. The van der Waals surface area contributed by atoms with Crippen LogP contribution in [0.4, 0.5) is 0 Å². The molecule has 126 valence electrons. The number of hydrogen-bond donors (Lipinski definition) is 2. The van der Waals surface area contributed by atoms with Gasteiger partial charge in [-0.25, -0.2) is 13.1 Å². The number of rotatable bonds is 5. The van der Waals surface area contributed by atoms with Crippen molar-refractivity contribution in [3.8, 4) is 0 Å². The van der Waals surface area contributed by atoms with Gasteiger partial charge < -0.3 is 5.32 Å². The van der Waals surface area contributed by atoms with Crippen LogP contribution in [0, 0.1) is 33.6 Å². The second kappa shape index (κ2) is 7.77. The van der Waals surface area contributed by atoms with E-state index < -0.39 is 10.0 Å². The average molecular weight is 347 g/mol. The Labute approximate surface area is 140 Å². The van der Waals surface area contributed by atoms with E-state index in [1.165, 1.54) is 0 Å². The number of halogens is 1. The molecule has 0 aromatic heterocycles. The summed E-state index contributed by atoms with van der Waals surface area (Å²) in [6.45, 7) is 10.3. The van der Waals surface area contributed by atoms with Crippen LogP contribution in [0.5, 0.6) is 0 Å². The van der Waals surface area contributed by atoms with Gasteiger partial charge in [0.05, 0.1) is 4.90 Å². The normalized spacial score (nSPS) is 18.3. The van der Waals surface area contributed by atoms with Gasteiger partial charge in [-0.05, 0) is 81.8 Å².